The molecule has 0 aliphatic carbocycles. The summed E-state index contributed by atoms with van der Waals surface area (Å²) in [5.74, 6) is 0. The van der Waals surface area contributed by atoms with E-state index in [1.165, 1.54) is 4.31 Å². The molecule has 0 aliphatic heterocycles. The molecule has 0 fully saturated rings. The summed E-state index contributed by atoms with van der Waals surface area (Å²) < 4.78 is 27.1. The van der Waals surface area contributed by atoms with Gasteiger partial charge in [-0.15, -0.1) is 0 Å². The lowest BCUT2D eigenvalue weighted by molar-refractivity contribution is 0.457. The summed E-state index contributed by atoms with van der Waals surface area (Å²) in [4.78, 5) is 8.44. The van der Waals surface area contributed by atoms with Gasteiger partial charge in [0.2, 0.25) is 10.0 Å². The highest BCUT2D eigenvalue weighted by atomic mass is 32.2. The molecular formula is C16H21N3O2S. The van der Waals surface area contributed by atoms with Crippen LogP contribution in [0.3, 0.4) is 0 Å². The van der Waals surface area contributed by atoms with Crippen molar-refractivity contribution in [2.45, 2.75) is 37.6 Å². The first-order valence-electron chi connectivity index (χ1n) is 7.03. The number of hydrogen-bond donors (Lipinski definition) is 0. The van der Waals surface area contributed by atoms with E-state index in [0.717, 1.165) is 5.56 Å². The summed E-state index contributed by atoms with van der Waals surface area (Å²) in [6, 6.07) is 7.13. The minimum atomic E-state index is -3.59. The first kappa shape index (κ1) is 16.6. The normalized spacial score (nSPS) is 12.6. The molecule has 0 unspecified atom stereocenters. The van der Waals surface area contributed by atoms with Gasteiger partial charge >= 0.3 is 0 Å². The highest BCUT2D eigenvalue weighted by molar-refractivity contribution is 7.89. The SMILES string of the molecule is CN(Cc1cnccn1)S(=O)(=O)c1ccccc1C(C)(C)C. The summed E-state index contributed by atoms with van der Waals surface area (Å²) in [6.07, 6.45) is 4.69. The monoisotopic (exact) mass is 319 g/mol. The molecule has 0 amide bonds. The molecule has 0 saturated heterocycles. The van der Waals surface area contributed by atoms with Crippen LogP contribution in [0.1, 0.15) is 32.0 Å². The van der Waals surface area contributed by atoms with Gasteiger partial charge in [-0.3, -0.25) is 9.97 Å². The zero-order valence-corrected chi connectivity index (χ0v) is 14.1. The molecule has 6 heteroatoms. The van der Waals surface area contributed by atoms with Gasteiger partial charge in [0.05, 0.1) is 17.1 Å². The molecule has 0 saturated carbocycles. The van der Waals surface area contributed by atoms with Crippen molar-refractivity contribution in [2.24, 2.45) is 0 Å². The van der Waals surface area contributed by atoms with Crippen molar-refractivity contribution in [1.29, 1.82) is 0 Å². The summed E-state index contributed by atoms with van der Waals surface area (Å²) in [5.41, 5.74) is 1.17. The Morgan fingerprint density at radius 2 is 1.82 bits per heavy atom. The molecule has 0 bridgehead atoms. The second-order valence-electron chi connectivity index (χ2n) is 6.20. The maximum atomic E-state index is 12.9. The van der Waals surface area contributed by atoms with Crippen molar-refractivity contribution in [3.63, 3.8) is 0 Å². The first-order chi connectivity index (χ1) is 10.2. The first-order valence-corrected chi connectivity index (χ1v) is 8.47. The van der Waals surface area contributed by atoms with Crippen LogP contribution < -0.4 is 0 Å². The number of aromatic nitrogens is 2. The number of hydrogen-bond acceptors (Lipinski definition) is 4. The maximum Gasteiger partial charge on any atom is 0.243 e. The minimum Gasteiger partial charge on any atom is -0.261 e. The second-order valence-corrected chi connectivity index (χ2v) is 8.22. The Hall–Kier alpha value is -1.79. The zero-order valence-electron chi connectivity index (χ0n) is 13.3. The molecule has 1 heterocycles. The van der Waals surface area contributed by atoms with E-state index < -0.39 is 10.0 Å². The average molecular weight is 319 g/mol. The lowest BCUT2D eigenvalue weighted by Gasteiger charge is -2.25. The van der Waals surface area contributed by atoms with Crippen molar-refractivity contribution in [3.8, 4) is 0 Å². The van der Waals surface area contributed by atoms with Crippen molar-refractivity contribution < 1.29 is 8.42 Å². The quantitative estimate of drug-likeness (QED) is 0.869. The van der Waals surface area contributed by atoms with Crippen molar-refractivity contribution in [1.82, 2.24) is 14.3 Å². The fraction of sp³-hybridized carbons (Fsp3) is 0.375. The van der Waals surface area contributed by atoms with Crippen LogP contribution in [0.2, 0.25) is 0 Å². The van der Waals surface area contributed by atoms with E-state index in [2.05, 4.69) is 9.97 Å². The van der Waals surface area contributed by atoms with E-state index in [9.17, 15) is 8.42 Å². The second kappa shape index (κ2) is 6.14. The highest BCUT2D eigenvalue weighted by Gasteiger charge is 2.28. The summed E-state index contributed by atoms with van der Waals surface area (Å²) >= 11 is 0. The lowest BCUT2D eigenvalue weighted by Crippen LogP contribution is -2.29. The Morgan fingerprint density at radius 3 is 2.41 bits per heavy atom. The Morgan fingerprint density at radius 1 is 1.14 bits per heavy atom. The molecule has 0 spiro atoms. The number of nitrogens with zero attached hydrogens (tertiary/aromatic N) is 3. The van der Waals surface area contributed by atoms with E-state index >= 15 is 0 Å². The van der Waals surface area contributed by atoms with Crippen LogP contribution in [0.4, 0.5) is 0 Å². The molecule has 5 nitrogen and oxygen atoms in total. The van der Waals surface area contributed by atoms with Gasteiger partial charge in [-0.2, -0.15) is 4.31 Å². The van der Waals surface area contributed by atoms with E-state index in [4.69, 9.17) is 0 Å². The largest absolute Gasteiger partial charge is 0.261 e. The van der Waals surface area contributed by atoms with Gasteiger partial charge in [0.1, 0.15) is 0 Å². The molecule has 2 rings (SSSR count). The fourth-order valence-corrected chi connectivity index (χ4v) is 3.74. The Labute approximate surface area is 132 Å². The molecule has 0 aliphatic rings. The molecule has 1 aromatic heterocycles. The van der Waals surface area contributed by atoms with Gasteiger partial charge in [0.15, 0.2) is 0 Å². The van der Waals surface area contributed by atoms with Crippen molar-refractivity contribution in [3.05, 3.63) is 54.1 Å². The number of rotatable bonds is 4. The Bertz CT molecular complexity index is 737. The van der Waals surface area contributed by atoms with Crippen molar-refractivity contribution in [2.75, 3.05) is 7.05 Å². The zero-order chi connectivity index (χ0) is 16.4. The van der Waals surface area contributed by atoms with Gasteiger partial charge in [0, 0.05) is 25.6 Å². The third-order valence-electron chi connectivity index (χ3n) is 3.38. The summed E-state index contributed by atoms with van der Waals surface area (Å²) in [5, 5.41) is 0. The van der Waals surface area contributed by atoms with Gasteiger partial charge < -0.3 is 0 Å². The van der Waals surface area contributed by atoms with Crippen LogP contribution >= 0.6 is 0 Å². The van der Waals surface area contributed by atoms with Gasteiger partial charge in [-0.05, 0) is 17.0 Å². The van der Waals surface area contributed by atoms with Gasteiger partial charge in [-0.25, -0.2) is 8.42 Å². The number of benzene rings is 1. The summed E-state index contributed by atoms with van der Waals surface area (Å²) in [7, 11) is -2.03. The van der Waals surface area contributed by atoms with Crippen LogP contribution in [0.5, 0.6) is 0 Å². The van der Waals surface area contributed by atoms with E-state index in [-0.39, 0.29) is 12.0 Å². The van der Waals surface area contributed by atoms with Crippen molar-refractivity contribution >= 4 is 10.0 Å². The molecular weight excluding hydrogens is 298 g/mol. The highest BCUT2D eigenvalue weighted by Crippen LogP contribution is 2.30. The molecule has 0 atom stereocenters. The van der Waals surface area contributed by atoms with Crippen LogP contribution in [-0.2, 0) is 22.0 Å². The average Bonchev–Trinajstić information content (AvgIpc) is 2.47. The van der Waals surface area contributed by atoms with E-state index in [0.29, 0.717) is 10.6 Å². The Balaban J connectivity index is 2.39. The third-order valence-corrected chi connectivity index (χ3v) is 5.25. The molecule has 0 N–H and O–H groups in total. The smallest absolute Gasteiger partial charge is 0.243 e. The lowest BCUT2D eigenvalue weighted by atomic mass is 9.87. The van der Waals surface area contributed by atoms with Gasteiger partial charge in [0.25, 0.3) is 0 Å². The molecule has 118 valence electrons. The molecule has 22 heavy (non-hydrogen) atoms. The predicted octanol–water partition coefficient (Wildman–Crippen LogP) is 2.59. The van der Waals surface area contributed by atoms with Crippen LogP contribution in [-0.4, -0.2) is 29.7 Å². The van der Waals surface area contributed by atoms with Crippen LogP contribution in [0.25, 0.3) is 0 Å². The van der Waals surface area contributed by atoms with E-state index in [1.54, 1.807) is 37.8 Å². The third kappa shape index (κ3) is 3.51. The van der Waals surface area contributed by atoms with Gasteiger partial charge in [-0.1, -0.05) is 39.0 Å². The Kier molecular flexibility index (Phi) is 4.63. The summed E-state index contributed by atoms with van der Waals surface area (Å²) in [6.45, 7) is 6.20. The number of sulfonamides is 1. The maximum absolute atomic E-state index is 12.9. The standard InChI is InChI=1S/C16H21N3O2S/c1-16(2,3)14-7-5-6-8-15(14)22(20,21)19(4)12-13-11-17-9-10-18-13/h5-11H,12H2,1-4H3. The molecule has 0 radical (unpaired) electrons. The van der Waals surface area contributed by atoms with Crippen LogP contribution in [0.15, 0.2) is 47.8 Å². The predicted molar refractivity (Wildman–Crippen MR) is 85.8 cm³/mol. The molecule has 1 aromatic carbocycles. The topological polar surface area (TPSA) is 63.2 Å². The molecule has 2 aromatic rings. The minimum absolute atomic E-state index is 0.189. The van der Waals surface area contributed by atoms with E-state index in [1.807, 2.05) is 32.9 Å². The van der Waals surface area contributed by atoms with Crippen LogP contribution in [0, 0.1) is 0 Å². The fourth-order valence-electron chi connectivity index (χ4n) is 2.20.